The molecule has 0 saturated carbocycles. The first-order chi connectivity index (χ1) is 8.72. The highest BCUT2D eigenvalue weighted by molar-refractivity contribution is 5.08. The number of nitrogens with zero attached hydrogens (tertiary/aromatic N) is 2. The molecule has 1 fully saturated rings. The van der Waals surface area contributed by atoms with Crippen molar-refractivity contribution in [3.8, 4) is 0 Å². The predicted molar refractivity (Wildman–Crippen MR) is 72.2 cm³/mol. The van der Waals surface area contributed by atoms with Crippen LogP contribution in [0.5, 0.6) is 0 Å². The van der Waals surface area contributed by atoms with E-state index in [1.807, 2.05) is 12.3 Å². The van der Waals surface area contributed by atoms with Crippen LogP contribution in [-0.2, 0) is 6.54 Å². The van der Waals surface area contributed by atoms with Crippen LogP contribution in [-0.4, -0.2) is 47.8 Å². The highest BCUT2D eigenvalue weighted by atomic mass is 16.3. The first-order valence-electron chi connectivity index (χ1n) is 6.65. The SMILES string of the molecule is CC1(CN(CCO)Cc2cccnc2)CCNC1. The maximum absolute atomic E-state index is 9.20. The largest absolute Gasteiger partial charge is 0.395 e. The predicted octanol–water partition coefficient (Wildman–Crippen LogP) is 0.875. The molecule has 0 aliphatic carbocycles. The Hall–Kier alpha value is -0.970. The summed E-state index contributed by atoms with van der Waals surface area (Å²) in [6.45, 7) is 7.33. The first kappa shape index (κ1) is 13.5. The van der Waals surface area contributed by atoms with Gasteiger partial charge in [-0.1, -0.05) is 13.0 Å². The van der Waals surface area contributed by atoms with Gasteiger partial charge in [-0.15, -0.1) is 0 Å². The number of aliphatic hydroxyl groups excluding tert-OH is 1. The third kappa shape index (κ3) is 3.77. The molecule has 1 aromatic heterocycles. The number of aromatic nitrogens is 1. The van der Waals surface area contributed by atoms with E-state index in [0.29, 0.717) is 5.41 Å². The normalized spacial score (nSPS) is 23.7. The molecule has 4 nitrogen and oxygen atoms in total. The van der Waals surface area contributed by atoms with Gasteiger partial charge in [-0.05, 0) is 30.0 Å². The zero-order valence-electron chi connectivity index (χ0n) is 11.1. The van der Waals surface area contributed by atoms with Gasteiger partial charge in [-0.2, -0.15) is 0 Å². The lowest BCUT2D eigenvalue weighted by atomic mass is 9.89. The summed E-state index contributed by atoms with van der Waals surface area (Å²) in [5.74, 6) is 0. The standard InChI is InChI=1S/C14H23N3O/c1-14(4-6-16-11-14)12-17(7-8-18)10-13-3-2-5-15-9-13/h2-3,5,9,16,18H,4,6-8,10-12H2,1H3. The van der Waals surface area contributed by atoms with E-state index in [1.165, 1.54) is 12.0 Å². The minimum atomic E-state index is 0.212. The third-order valence-corrected chi connectivity index (χ3v) is 3.61. The summed E-state index contributed by atoms with van der Waals surface area (Å²) < 4.78 is 0. The Kier molecular flexibility index (Phi) is 4.69. The molecule has 2 rings (SSSR count). The number of rotatable bonds is 6. The Morgan fingerprint density at radius 2 is 2.44 bits per heavy atom. The Labute approximate surface area is 109 Å². The smallest absolute Gasteiger partial charge is 0.0558 e. The Morgan fingerprint density at radius 3 is 3.06 bits per heavy atom. The van der Waals surface area contributed by atoms with Crippen LogP contribution < -0.4 is 5.32 Å². The van der Waals surface area contributed by atoms with Crippen molar-refractivity contribution in [1.29, 1.82) is 0 Å². The van der Waals surface area contributed by atoms with Crippen LogP contribution in [0, 0.1) is 5.41 Å². The van der Waals surface area contributed by atoms with Crippen molar-refractivity contribution < 1.29 is 5.11 Å². The molecule has 1 saturated heterocycles. The fourth-order valence-electron chi connectivity index (χ4n) is 2.65. The minimum Gasteiger partial charge on any atom is -0.395 e. The second kappa shape index (κ2) is 6.27. The van der Waals surface area contributed by atoms with E-state index in [2.05, 4.69) is 28.2 Å². The molecule has 18 heavy (non-hydrogen) atoms. The molecule has 1 aliphatic heterocycles. The fraction of sp³-hybridized carbons (Fsp3) is 0.643. The molecule has 1 unspecified atom stereocenters. The van der Waals surface area contributed by atoms with Crippen LogP contribution in [0.25, 0.3) is 0 Å². The monoisotopic (exact) mass is 249 g/mol. The van der Waals surface area contributed by atoms with Gasteiger partial charge in [0.25, 0.3) is 0 Å². The Morgan fingerprint density at radius 1 is 1.56 bits per heavy atom. The molecule has 0 radical (unpaired) electrons. The number of aliphatic hydroxyl groups is 1. The Balaban J connectivity index is 1.95. The van der Waals surface area contributed by atoms with Gasteiger partial charge < -0.3 is 10.4 Å². The van der Waals surface area contributed by atoms with Gasteiger partial charge in [0.2, 0.25) is 0 Å². The molecule has 1 aliphatic rings. The summed E-state index contributed by atoms with van der Waals surface area (Å²) in [5, 5.41) is 12.6. The van der Waals surface area contributed by atoms with E-state index < -0.39 is 0 Å². The van der Waals surface area contributed by atoms with E-state index in [0.717, 1.165) is 32.7 Å². The molecule has 2 heterocycles. The minimum absolute atomic E-state index is 0.212. The van der Waals surface area contributed by atoms with Crippen LogP contribution >= 0.6 is 0 Å². The summed E-state index contributed by atoms with van der Waals surface area (Å²) in [7, 11) is 0. The van der Waals surface area contributed by atoms with E-state index in [9.17, 15) is 5.11 Å². The molecule has 4 heteroatoms. The zero-order valence-corrected chi connectivity index (χ0v) is 11.1. The maximum Gasteiger partial charge on any atom is 0.0558 e. The number of pyridine rings is 1. The molecule has 100 valence electrons. The van der Waals surface area contributed by atoms with Crippen molar-refractivity contribution in [3.05, 3.63) is 30.1 Å². The first-order valence-corrected chi connectivity index (χ1v) is 6.65. The number of nitrogens with one attached hydrogen (secondary N) is 1. The maximum atomic E-state index is 9.20. The average molecular weight is 249 g/mol. The summed E-state index contributed by atoms with van der Waals surface area (Å²) in [6.07, 6.45) is 4.91. The lowest BCUT2D eigenvalue weighted by Crippen LogP contribution is -2.38. The summed E-state index contributed by atoms with van der Waals surface area (Å²) in [5.41, 5.74) is 1.54. The van der Waals surface area contributed by atoms with Crippen molar-refractivity contribution in [2.24, 2.45) is 5.41 Å². The molecular formula is C14H23N3O. The van der Waals surface area contributed by atoms with E-state index in [1.54, 1.807) is 6.20 Å². The molecule has 2 N–H and O–H groups in total. The fourth-order valence-corrected chi connectivity index (χ4v) is 2.65. The number of hydrogen-bond acceptors (Lipinski definition) is 4. The molecular weight excluding hydrogens is 226 g/mol. The summed E-state index contributed by atoms with van der Waals surface area (Å²) in [4.78, 5) is 6.47. The van der Waals surface area contributed by atoms with Crippen LogP contribution in [0.15, 0.2) is 24.5 Å². The zero-order chi connectivity index (χ0) is 12.8. The third-order valence-electron chi connectivity index (χ3n) is 3.61. The lowest BCUT2D eigenvalue weighted by Gasteiger charge is -2.31. The van der Waals surface area contributed by atoms with E-state index in [-0.39, 0.29) is 6.61 Å². The second-order valence-electron chi connectivity index (χ2n) is 5.53. The summed E-state index contributed by atoms with van der Waals surface area (Å²) in [6, 6.07) is 4.05. The molecule has 0 amide bonds. The van der Waals surface area contributed by atoms with Crippen LogP contribution in [0.1, 0.15) is 18.9 Å². The van der Waals surface area contributed by atoms with Crippen LogP contribution in [0.4, 0.5) is 0 Å². The van der Waals surface area contributed by atoms with E-state index >= 15 is 0 Å². The number of hydrogen-bond donors (Lipinski definition) is 2. The van der Waals surface area contributed by atoms with Crippen molar-refractivity contribution in [3.63, 3.8) is 0 Å². The molecule has 1 aromatic rings. The van der Waals surface area contributed by atoms with Crippen molar-refractivity contribution in [1.82, 2.24) is 15.2 Å². The average Bonchev–Trinajstić information content (AvgIpc) is 2.77. The van der Waals surface area contributed by atoms with Gasteiger partial charge in [0.05, 0.1) is 6.61 Å². The quantitative estimate of drug-likeness (QED) is 0.785. The van der Waals surface area contributed by atoms with Gasteiger partial charge in [0, 0.05) is 38.6 Å². The van der Waals surface area contributed by atoms with Gasteiger partial charge in [0.15, 0.2) is 0 Å². The van der Waals surface area contributed by atoms with Crippen molar-refractivity contribution in [2.45, 2.75) is 19.9 Å². The van der Waals surface area contributed by atoms with Crippen molar-refractivity contribution in [2.75, 3.05) is 32.8 Å². The van der Waals surface area contributed by atoms with Gasteiger partial charge in [-0.25, -0.2) is 0 Å². The van der Waals surface area contributed by atoms with Gasteiger partial charge >= 0.3 is 0 Å². The highest BCUT2D eigenvalue weighted by Gasteiger charge is 2.30. The van der Waals surface area contributed by atoms with Gasteiger partial charge in [0.1, 0.15) is 0 Å². The van der Waals surface area contributed by atoms with Crippen LogP contribution in [0.2, 0.25) is 0 Å². The molecule has 0 spiro atoms. The van der Waals surface area contributed by atoms with Gasteiger partial charge in [-0.3, -0.25) is 9.88 Å². The Bertz CT molecular complexity index is 349. The molecule has 0 aromatic carbocycles. The highest BCUT2D eigenvalue weighted by Crippen LogP contribution is 2.26. The lowest BCUT2D eigenvalue weighted by molar-refractivity contribution is 0.137. The van der Waals surface area contributed by atoms with E-state index in [4.69, 9.17) is 0 Å². The topological polar surface area (TPSA) is 48.4 Å². The van der Waals surface area contributed by atoms with Crippen LogP contribution in [0.3, 0.4) is 0 Å². The molecule has 1 atom stereocenters. The molecule has 0 bridgehead atoms. The van der Waals surface area contributed by atoms with Crippen molar-refractivity contribution >= 4 is 0 Å². The second-order valence-corrected chi connectivity index (χ2v) is 5.53. The summed E-state index contributed by atoms with van der Waals surface area (Å²) >= 11 is 0.